The number of benzene rings is 3. The van der Waals surface area contributed by atoms with Gasteiger partial charge < -0.3 is 10.4 Å². The van der Waals surface area contributed by atoms with Crippen molar-refractivity contribution >= 4 is 37.6 Å². The van der Waals surface area contributed by atoms with Crippen LogP contribution < -0.4 is 10.6 Å². The summed E-state index contributed by atoms with van der Waals surface area (Å²) < 4.78 is 2.07. The summed E-state index contributed by atoms with van der Waals surface area (Å²) >= 11 is 7.05. The van der Waals surface area contributed by atoms with Crippen LogP contribution in [-0.2, 0) is 0 Å². The monoisotopic (exact) mass is 484 g/mol. The largest absolute Gasteiger partial charge is 0.508 e. The third-order valence-electron chi connectivity index (χ3n) is 4.59. The van der Waals surface area contributed by atoms with E-state index >= 15 is 0 Å². The molecule has 3 nitrogen and oxygen atoms in total. The second-order valence-electron chi connectivity index (χ2n) is 6.42. The number of nitrogens with one attached hydrogen (secondary N) is 2. The molecule has 136 valence electrons. The lowest BCUT2D eigenvalue weighted by molar-refractivity contribution is 0.419. The first-order valence-corrected chi connectivity index (χ1v) is 10.2. The first-order valence-electron chi connectivity index (χ1n) is 8.64. The van der Waals surface area contributed by atoms with Crippen molar-refractivity contribution in [1.29, 1.82) is 0 Å². The van der Waals surface area contributed by atoms with E-state index in [9.17, 15) is 5.11 Å². The Kier molecular flexibility index (Phi) is 5.34. The lowest BCUT2D eigenvalue weighted by Crippen LogP contribution is -2.39. The lowest BCUT2D eigenvalue weighted by Gasteiger charge is -2.33. The summed E-state index contributed by atoms with van der Waals surface area (Å²) in [5.41, 5.74) is 4.09. The molecule has 3 aromatic rings. The fourth-order valence-electron chi connectivity index (χ4n) is 3.24. The van der Waals surface area contributed by atoms with Gasteiger partial charge in [-0.25, -0.2) is 0 Å². The minimum atomic E-state index is -0.116. The van der Waals surface area contributed by atoms with Crippen LogP contribution >= 0.6 is 31.9 Å². The maximum absolute atomic E-state index is 10.4. The number of aromatic hydroxyl groups is 1. The van der Waals surface area contributed by atoms with Crippen LogP contribution in [0.3, 0.4) is 0 Å². The zero-order valence-electron chi connectivity index (χ0n) is 14.4. The maximum atomic E-state index is 10.4. The van der Waals surface area contributed by atoms with Crippen molar-refractivity contribution in [3.8, 4) is 5.75 Å². The summed E-state index contributed by atoms with van der Waals surface area (Å²) in [6.07, 6.45) is 2.04. The second-order valence-corrected chi connectivity index (χ2v) is 8.25. The summed E-state index contributed by atoms with van der Waals surface area (Å²) in [5, 5.41) is 17.5. The highest BCUT2D eigenvalue weighted by atomic mass is 79.9. The molecule has 0 aliphatic carbocycles. The van der Waals surface area contributed by atoms with Gasteiger partial charge in [-0.3, -0.25) is 5.32 Å². The third-order valence-corrected chi connectivity index (χ3v) is 5.61. The Balaban J connectivity index is 1.76. The van der Waals surface area contributed by atoms with Crippen LogP contribution in [0.15, 0.2) is 87.8 Å². The number of phenols is 1. The van der Waals surface area contributed by atoms with Crippen LogP contribution in [0.4, 0.5) is 0 Å². The second kappa shape index (κ2) is 7.89. The van der Waals surface area contributed by atoms with E-state index in [2.05, 4.69) is 72.8 Å². The topological polar surface area (TPSA) is 44.3 Å². The Labute approximate surface area is 175 Å². The molecule has 2 atom stereocenters. The van der Waals surface area contributed by atoms with Gasteiger partial charge in [0.25, 0.3) is 0 Å². The molecular weight excluding hydrogens is 468 g/mol. The summed E-state index contributed by atoms with van der Waals surface area (Å²) in [5.74, 6) is 0.288. The Morgan fingerprint density at radius 2 is 1.59 bits per heavy atom. The fraction of sp³-hybridized carbons (Fsp3) is 0.0909. The molecule has 5 heteroatoms. The number of hydrogen-bond donors (Lipinski definition) is 3. The molecule has 1 aliphatic heterocycles. The molecule has 2 unspecified atom stereocenters. The Morgan fingerprint density at radius 1 is 0.815 bits per heavy atom. The first-order chi connectivity index (χ1) is 13.1. The van der Waals surface area contributed by atoms with E-state index in [1.54, 1.807) is 6.07 Å². The average molecular weight is 486 g/mol. The summed E-state index contributed by atoms with van der Waals surface area (Å²) in [6, 6.07) is 23.8. The highest BCUT2D eigenvalue weighted by Crippen LogP contribution is 2.33. The molecular formula is C22H18Br2N2O. The number of rotatable bonds is 3. The van der Waals surface area contributed by atoms with Crippen LogP contribution in [0.5, 0.6) is 5.75 Å². The molecule has 0 aromatic heterocycles. The van der Waals surface area contributed by atoms with E-state index in [1.165, 1.54) is 0 Å². The van der Waals surface area contributed by atoms with E-state index < -0.39 is 0 Å². The minimum Gasteiger partial charge on any atom is -0.508 e. The van der Waals surface area contributed by atoms with E-state index in [-0.39, 0.29) is 18.0 Å². The van der Waals surface area contributed by atoms with Crippen molar-refractivity contribution < 1.29 is 5.11 Å². The number of para-hydroxylation sites is 1. The number of phenolic OH excluding ortho intramolecular Hbond substituents is 1. The van der Waals surface area contributed by atoms with Crippen molar-refractivity contribution in [3.05, 3.63) is 105 Å². The van der Waals surface area contributed by atoms with Gasteiger partial charge in [0.1, 0.15) is 11.9 Å². The average Bonchev–Trinajstić information content (AvgIpc) is 2.68. The van der Waals surface area contributed by atoms with Crippen LogP contribution in [-0.4, -0.2) is 5.11 Å². The summed E-state index contributed by atoms with van der Waals surface area (Å²) in [6.45, 7) is 0. The van der Waals surface area contributed by atoms with E-state index in [4.69, 9.17) is 0 Å². The molecule has 3 aromatic carbocycles. The summed E-state index contributed by atoms with van der Waals surface area (Å²) in [7, 11) is 0. The van der Waals surface area contributed by atoms with E-state index in [0.29, 0.717) is 0 Å². The van der Waals surface area contributed by atoms with Gasteiger partial charge in [0, 0.05) is 20.2 Å². The van der Waals surface area contributed by atoms with Gasteiger partial charge in [-0.1, -0.05) is 74.3 Å². The van der Waals surface area contributed by atoms with Gasteiger partial charge in [-0.15, -0.1) is 0 Å². The maximum Gasteiger partial charge on any atom is 0.120 e. The van der Waals surface area contributed by atoms with Crippen LogP contribution in [0.25, 0.3) is 5.70 Å². The van der Waals surface area contributed by atoms with Crippen molar-refractivity contribution in [2.45, 2.75) is 12.2 Å². The predicted molar refractivity (Wildman–Crippen MR) is 116 cm³/mol. The first kappa shape index (κ1) is 18.3. The SMILES string of the molecule is Oc1ccccc1C1C=C(c2cccc(Br)c2)NC(c2ccc(Br)cc2)N1. The molecule has 0 amide bonds. The van der Waals surface area contributed by atoms with Gasteiger partial charge in [-0.2, -0.15) is 0 Å². The molecule has 4 rings (SSSR count). The molecule has 0 saturated carbocycles. The van der Waals surface area contributed by atoms with E-state index in [0.717, 1.165) is 31.3 Å². The molecule has 0 saturated heterocycles. The van der Waals surface area contributed by atoms with Gasteiger partial charge in [0.05, 0.1) is 6.04 Å². The minimum absolute atomic E-state index is 0.0818. The van der Waals surface area contributed by atoms with Gasteiger partial charge >= 0.3 is 0 Å². The number of halogens is 2. The molecule has 0 spiro atoms. The van der Waals surface area contributed by atoms with Crippen molar-refractivity contribution in [2.75, 3.05) is 0 Å². The zero-order chi connectivity index (χ0) is 18.8. The Bertz CT molecular complexity index is 986. The van der Waals surface area contributed by atoms with Gasteiger partial charge in [0.15, 0.2) is 0 Å². The third kappa shape index (κ3) is 4.10. The standard InChI is InChI=1S/C22H18Br2N2O/c23-16-10-8-14(9-11-16)22-25-19(15-4-3-5-17(24)12-15)13-20(26-22)18-6-1-2-7-21(18)27/h1-13,20,22,25-27H. The predicted octanol–water partition coefficient (Wildman–Crippen LogP) is 5.89. The van der Waals surface area contributed by atoms with Crippen LogP contribution in [0.2, 0.25) is 0 Å². The van der Waals surface area contributed by atoms with Crippen molar-refractivity contribution in [3.63, 3.8) is 0 Å². The lowest BCUT2D eigenvalue weighted by atomic mass is 9.98. The molecule has 27 heavy (non-hydrogen) atoms. The van der Waals surface area contributed by atoms with Crippen LogP contribution in [0.1, 0.15) is 28.9 Å². The smallest absolute Gasteiger partial charge is 0.120 e. The normalized spacial score (nSPS) is 19.3. The quantitative estimate of drug-likeness (QED) is 0.433. The van der Waals surface area contributed by atoms with Gasteiger partial charge in [0.2, 0.25) is 0 Å². The van der Waals surface area contributed by atoms with E-state index in [1.807, 2.05) is 42.5 Å². The van der Waals surface area contributed by atoms with Crippen molar-refractivity contribution in [1.82, 2.24) is 10.6 Å². The molecule has 0 fully saturated rings. The highest BCUT2D eigenvalue weighted by molar-refractivity contribution is 9.10. The molecule has 3 N–H and O–H groups in total. The van der Waals surface area contributed by atoms with Gasteiger partial charge in [-0.05, 0) is 47.5 Å². The van der Waals surface area contributed by atoms with Crippen LogP contribution in [0, 0.1) is 0 Å². The highest BCUT2D eigenvalue weighted by Gasteiger charge is 2.25. The molecule has 0 bridgehead atoms. The number of hydrogen-bond acceptors (Lipinski definition) is 3. The zero-order valence-corrected chi connectivity index (χ0v) is 17.5. The summed E-state index contributed by atoms with van der Waals surface area (Å²) in [4.78, 5) is 0. The van der Waals surface area contributed by atoms with Crippen molar-refractivity contribution in [2.24, 2.45) is 0 Å². The Morgan fingerprint density at radius 3 is 2.33 bits per heavy atom. The fourth-order valence-corrected chi connectivity index (χ4v) is 3.90. The molecule has 1 heterocycles. The molecule has 0 radical (unpaired) electrons. The Hall–Kier alpha value is -2.08. The molecule has 1 aliphatic rings.